The number of hydrazone groups is 1. The van der Waals surface area contributed by atoms with Crippen LogP contribution in [0.15, 0.2) is 64.0 Å². The zero-order valence-corrected chi connectivity index (χ0v) is 18.4. The average molecular weight is 441 g/mol. The highest BCUT2D eigenvalue weighted by Crippen LogP contribution is 2.28. The molecule has 3 rings (SSSR count). The first-order valence-electron chi connectivity index (χ1n) is 9.81. The van der Waals surface area contributed by atoms with Crippen LogP contribution in [0.25, 0.3) is 10.6 Å². The Hall–Kier alpha value is -2.71. The van der Waals surface area contributed by atoms with Gasteiger partial charge in [-0.3, -0.25) is 4.79 Å². The molecule has 1 heterocycles. The van der Waals surface area contributed by atoms with Crippen LogP contribution in [-0.2, 0) is 4.79 Å². The van der Waals surface area contributed by atoms with Crippen molar-refractivity contribution in [2.45, 2.75) is 30.5 Å². The molecule has 8 heteroatoms. The van der Waals surface area contributed by atoms with Gasteiger partial charge in [0.25, 0.3) is 5.91 Å². The summed E-state index contributed by atoms with van der Waals surface area (Å²) in [6.07, 6.45) is 5.03. The SMILES string of the molecule is CCCCCOc1ccc(C=NNC(=O)CSc2nnc(-c3ccccc3)s2)cc1. The third-order valence-electron chi connectivity index (χ3n) is 4.05. The molecule has 0 spiro atoms. The summed E-state index contributed by atoms with van der Waals surface area (Å²) in [5.74, 6) is 0.880. The second kappa shape index (κ2) is 12.1. The Kier molecular flexibility index (Phi) is 8.86. The van der Waals surface area contributed by atoms with Gasteiger partial charge in [0.1, 0.15) is 10.8 Å². The van der Waals surface area contributed by atoms with Crippen LogP contribution in [0, 0.1) is 0 Å². The van der Waals surface area contributed by atoms with E-state index in [9.17, 15) is 4.79 Å². The summed E-state index contributed by atoms with van der Waals surface area (Å²) in [5, 5.41) is 13.2. The number of benzene rings is 2. The summed E-state index contributed by atoms with van der Waals surface area (Å²) < 4.78 is 6.43. The molecule has 1 aromatic heterocycles. The Bertz CT molecular complexity index is 943. The monoisotopic (exact) mass is 440 g/mol. The standard InChI is InChI=1S/C22H24N4O2S2/c1-2-3-7-14-28-19-12-10-17(11-13-19)15-23-24-20(27)16-29-22-26-25-21(30-22)18-8-5-4-6-9-18/h4-6,8-13,15H,2-3,7,14,16H2,1H3,(H,24,27). The van der Waals surface area contributed by atoms with Gasteiger partial charge in [0, 0.05) is 5.56 Å². The number of aromatic nitrogens is 2. The van der Waals surface area contributed by atoms with E-state index in [1.165, 1.54) is 35.9 Å². The van der Waals surface area contributed by atoms with E-state index in [1.54, 1.807) is 6.21 Å². The number of nitrogens with zero attached hydrogens (tertiary/aromatic N) is 3. The molecule has 0 aliphatic carbocycles. The number of rotatable bonds is 11. The van der Waals surface area contributed by atoms with E-state index in [0.29, 0.717) is 0 Å². The van der Waals surface area contributed by atoms with E-state index in [2.05, 4.69) is 27.6 Å². The first-order valence-corrected chi connectivity index (χ1v) is 11.6. The van der Waals surface area contributed by atoms with Crippen molar-refractivity contribution in [3.63, 3.8) is 0 Å². The molecular formula is C22H24N4O2S2. The molecule has 0 unspecified atom stereocenters. The van der Waals surface area contributed by atoms with Gasteiger partial charge in [-0.1, -0.05) is 73.2 Å². The fourth-order valence-electron chi connectivity index (χ4n) is 2.50. The Morgan fingerprint density at radius 2 is 1.93 bits per heavy atom. The minimum Gasteiger partial charge on any atom is -0.494 e. The highest BCUT2D eigenvalue weighted by molar-refractivity contribution is 8.01. The zero-order chi connectivity index (χ0) is 21.0. The molecule has 0 saturated carbocycles. The van der Waals surface area contributed by atoms with Crippen LogP contribution in [0.2, 0.25) is 0 Å². The first kappa shape index (κ1) is 22.0. The number of ether oxygens (including phenoxy) is 1. The molecule has 0 aliphatic rings. The largest absolute Gasteiger partial charge is 0.494 e. The predicted molar refractivity (Wildman–Crippen MR) is 123 cm³/mol. The van der Waals surface area contributed by atoms with Crippen molar-refractivity contribution < 1.29 is 9.53 Å². The highest BCUT2D eigenvalue weighted by atomic mass is 32.2. The summed E-state index contributed by atoms with van der Waals surface area (Å²) in [6, 6.07) is 17.5. The average Bonchev–Trinajstić information content (AvgIpc) is 3.26. The van der Waals surface area contributed by atoms with Crippen molar-refractivity contribution in [1.29, 1.82) is 0 Å². The minimum absolute atomic E-state index is 0.191. The normalized spacial score (nSPS) is 11.0. The second-order valence-electron chi connectivity index (χ2n) is 6.45. The number of amides is 1. The topological polar surface area (TPSA) is 76.5 Å². The maximum absolute atomic E-state index is 12.0. The minimum atomic E-state index is -0.191. The third-order valence-corrected chi connectivity index (χ3v) is 6.16. The van der Waals surface area contributed by atoms with Gasteiger partial charge in [-0.2, -0.15) is 5.10 Å². The van der Waals surface area contributed by atoms with Crippen molar-refractivity contribution in [3.8, 4) is 16.3 Å². The molecular weight excluding hydrogens is 416 g/mol. The van der Waals surface area contributed by atoms with Crippen molar-refractivity contribution in [2.24, 2.45) is 5.10 Å². The summed E-state index contributed by atoms with van der Waals surface area (Å²) >= 11 is 2.81. The molecule has 1 N–H and O–H groups in total. The Morgan fingerprint density at radius 1 is 1.13 bits per heavy atom. The smallest absolute Gasteiger partial charge is 0.250 e. The number of nitrogens with one attached hydrogen (secondary N) is 1. The van der Waals surface area contributed by atoms with E-state index >= 15 is 0 Å². The number of hydrogen-bond donors (Lipinski definition) is 1. The van der Waals surface area contributed by atoms with Gasteiger partial charge < -0.3 is 4.74 Å². The number of thioether (sulfide) groups is 1. The van der Waals surface area contributed by atoms with Crippen LogP contribution >= 0.6 is 23.1 Å². The summed E-state index contributed by atoms with van der Waals surface area (Å²) in [7, 11) is 0. The van der Waals surface area contributed by atoms with Crippen molar-refractivity contribution in [3.05, 3.63) is 60.2 Å². The molecule has 0 bridgehead atoms. The lowest BCUT2D eigenvalue weighted by Gasteiger charge is -2.05. The number of hydrogen-bond acceptors (Lipinski definition) is 7. The zero-order valence-electron chi connectivity index (χ0n) is 16.8. The van der Waals surface area contributed by atoms with Gasteiger partial charge in [-0.15, -0.1) is 10.2 Å². The van der Waals surface area contributed by atoms with Crippen LogP contribution in [0.1, 0.15) is 31.7 Å². The summed E-state index contributed by atoms with van der Waals surface area (Å²) in [6.45, 7) is 2.90. The van der Waals surface area contributed by atoms with Crippen molar-refractivity contribution in [2.75, 3.05) is 12.4 Å². The fraction of sp³-hybridized carbons (Fsp3) is 0.273. The van der Waals surface area contributed by atoms with E-state index < -0.39 is 0 Å². The van der Waals surface area contributed by atoms with Crippen LogP contribution in [0.4, 0.5) is 0 Å². The van der Waals surface area contributed by atoms with E-state index in [0.717, 1.165) is 39.3 Å². The lowest BCUT2D eigenvalue weighted by molar-refractivity contribution is -0.118. The first-order chi connectivity index (χ1) is 14.7. The van der Waals surface area contributed by atoms with Crippen LogP contribution < -0.4 is 10.2 Å². The summed E-state index contributed by atoms with van der Waals surface area (Å²) in [4.78, 5) is 12.0. The summed E-state index contributed by atoms with van der Waals surface area (Å²) in [5.41, 5.74) is 4.45. The molecule has 30 heavy (non-hydrogen) atoms. The second-order valence-corrected chi connectivity index (χ2v) is 8.65. The predicted octanol–water partition coefficient (Wildman–Crippen LogP) is 5.02. The molecule has 0 atom stereocenters. The molecule has 0 aliphatic heterocycles. The molecule has 156 valence electrons. The van der Waals surface area contributed by atoms with Crippen LogP contribution in [0.3, 0.4) is 0 Å². The van der Waals surface area contributed by atoms with Gasteiger partial charge in [0.2, 0.25) is 0 Å². The quantitative estimate of drug-likeness (QED) is 0.196. The highest BCUT2D eigenvalue weighted by Gasteiger charge is 2.09. The molecule has 0 radical (unpaired) electrons. The van der Waals surface area contributed by atoms with Crippen LogP contribution in [0.5, 0.6) is 5.75 Å². The Balaban J connectivity index is 1.39. The van der Waals surface area contributed by atoms with Gasteiger partial charge in [0.15, 0.2) is 4.34 Å². The van der Waals surface area contributed by atoms with E-state index in [4.69, 9.17) is 4.74 Å². The Morgan fingerprint density at radius 3 is 2.70 bits per heavy atom. The van der Waals surface area contributed by atoms with Gasteiger partial charge in [-0.25, -0.2) is 5.43 Å². The lowest BCUT2D eigenvalue weighted by Crippen LogP contribution is -2.19. The maximum Gasteiger partial charge on any atom is 0.250 e. The molecule has 0 fully saturated rings. The number of unbranched alkanes of at least 4 members (excludes halogenated alkanes) is 2. The number of carbonyl (C=O) groups is 1. The van der Waals surface area contributed by atoms with E-state index in [1.807, 2.05) is 54.6 Å². The molecule has 0 saturated heterocycles. The Labute approximate surface area is 184 Å². The third kappa shape index (κ3) is 7.27. The molecule has 6 nitrogen and oxygen atoms in total. The lowest BCUT2D eigenvalue weighted by atomic mass is 10.2. The fourth-order valence-corrected chi connectivity index (χ4v) is 4.15. The van der Waals surface area contributed by atoms with Crippen molar-refractivity contribution in [1.82, 2.24) is 15.6 Å². The van der Waals surface area contributed by atoms with E-state index in [-0.39, 0.29) is 11.7 Å². The van der Waals surface area contributed by atoms with Gasteiger partial charge in [0.05, 0.1) is 18.6 Å². The van der Waals surface area contributed by atoms with Crippen LogP contribution in [-0.4, -0.2) is 34.7 Å². The number of carbonyl (C=O) groups excluding carboxylic acids is 1. The van der Waals surface area contributed by atoms with Gasteiger partial charge >= 0.3 is 0 Å². The van der Waals surface area contributed by atoms with Gasteiger partial charge in [-0.05, 0) is 36.2 Å². The maximum atomic E-state index is 12.0. The molecule has 3 aromatic rings. The molecule has 2 aromatic carbocycles. The molecule has 1 amide bonds. The van der Waals surface area contributed by atoms with Crippen molar-refractivity contribution >= 4 is 35.2 Å².